The number of carbonyl (C=O) groups is 1. The molecule has 1 amide bonds. The van der Waals surface area contributed by atoms with Gasteiger partial charge in [-0.1, -0.05) is 18.2 Å². The van der Waals surface area contributed by atoms with Gasteiger partial charge in [-0.3, -0.25) is 4.79 Å². The van der Waals surface area contributed by atoms with Crippen LogP contribution in [0.3, 0.4) is 0 Å². The van der Waals surface area contributed by atoms with Crippen LogP contribution in [0.4, 0.5) is 0 Å². The monoisotopic (exact) mass is 215 g/mol. The quantitative estimate of drug-likeness (QED) is 0.711. The minimum Gasteiger partial charge on any atom is -0.368 e. The molecule has 1 aromatic rings. The molecule has 0 radical (unpaired) electrons. The van der Waals surface area contributed by atoms with Crippen molar-refractivity contribution in [1.29, 1.82) is 0 Å². The van der Waals surface area contributed by atoms with Crippen molar-refractivity contribution in [2.24, 2.45) is 5.92 Å². The Morgan fingerprint density at radius 3 is 3.12 bits per heavy atom. The van der Waals surface area contributed by atoms with Crippen molar-refractivity contribution in [1.82, 2.24) is 5.32 Å². The number of nitrogens with one attached hydrogen (secondary N) is 1. The van der Waals surface area contributed by atoms with Gasteiger partial charge in [0.15, 0.2) is 0 Å². The van der Waals surface area contributed by atoms with Crippen molar-refractivity contribution >= 4 is 5.91 Å². The average molecular weight is 215 g/mol. The van der Waals surface area contributed by atoms with Gasteiger partial charge in [0.05, 0.1) is 6.04 Å². The Hall–Kier alpha value is -1.35. The molecule has 0 aromatic heterocycles. The molecule has 1 saturated carbocycles. The highest BCUT2D eigenvalue weighted by molar-refractivity contribution is 5.98. The van der Waals surface area contributed by atoms with E-state index in [1.165, 1.54) is 0 Å². The van der Waals surface area contributed by atoms with E-state index in [0.717, 1.165) is 30.6 Å². The fraction of sp³-hybridized carbons (Fsp3) is 0.462. The summed E-state index contributed by atoms with van der Waals surface area (Å²) in [5.41, 5.74) is 1.72. The van der Waals surface area contributed by atoms with E-state index in [1.807, 2.05) is 18.2 Å². The first-order valence-electron chi connectivity index (χ1n) is 5.87. The first-order chi connectivity index (χ1) is 7.82. The van der Waals surface area contributed by atoms with Crippen molar-refractivity contribution in [3.8, 4) is 0 Å². The van der Waals surface area contributed by atoms with Crippen LogP contribution in [0.2, 0.25) is 0 Å². The first kappa shape index (κ1) is 8.76. The molecular weight excluding hydrogens is 202 g/mol. The molecule has 0 bridgehead atoms. The van der Waals surface area contributed by atoms with E-state index in [-0.39, 0.29) is 17.6 Å². The lowest BCUT2D eigenvalue weighted by Gasteiger charge is -2.54. The normalized spacial score (nSPS) is 39.1. The van der Waals surface area contributed by atoms with E-state index in [2.05, 4.69) is 11.4 Å². The van der Waals surface area contributed by atoms with Gasteiger partial charge in [0.1, 0.15) is 5.60 Å². The van der Waals surface area contributed by atoms with Crippen molar-refractivity contribution in [3.05, 3.63) is 35.4 Å². The zero-order valence-corrected chi connectivity index (χ0v) is 8.90. The third-order valence-electron chi connectivity index (χ3n) is 4.35. The smallest absolute Gasteiger partial charge is 0.251 e. The summed E-state index contributed by atoms with van der Waals surface area (Å²) in [4.78, 5) is 11.9. The highest BCUT2D eigenvalue weighted by Crippen LogP contribution is 2.57. The molecule has 1 N–H and O–H groups in total. The van der Waals surface area contributed by atoms with Crippen LogP contribution in [0.5, 0.6) is 0 Å². The van der Waals surface area contributed by atoms with Gasteiger partial charge in [0, 0.05) is 12.2 Å². The third-order valence-corrected chi connectivity index (χ3v) is 4.35. The Balaban J connectivity index is 1.96. The molecule has 1 aliphatic carbocycles. The van der Waals surface area contributed by atoms with Crippen molar-refractivity contribution < 1.29 is 9.53 Å². The van der Waals surface area contributed by atoms with E-state index >= 15 is 0 Å². The van der Waals surface area contributed by atoms with E-state index in [9.17, 15) is 4.79 Å². The topological polar surface area (TPSA) is 38.3 Å². The Labute approximate surface area is 93.8 Å². The van der Waals surface area contributed by atoms with Crippen LogP contribution >= 0.6 is 0 Å². The number of amides is 1. The molecule has 4 rings (SSSR count). The second-order valence-corrected chi connectivity index (χ2v) is 4.93. The van der Waals surface area contributed by atoms with Gasteiger partial charge in [-0.15, -0.1) is 0 Å². The summed E-state index contributed by atoms with van der Waals surface area (Å²) < 4.78 is 6.00. The fourth-order valence-corrected chi connectivity index (χ4v) is 3.59. The predicted molar refractivity (Wildman–Crippen MR) is 58.1 cm³/mol. The molecule has 2 heterocycles. The van der Waals surface area contributed by atoms with Crippen molar-refractivity contribution in [2.75, 3.05) is 6.61 Å². The Bertz CT molecular complexity index is 485. The van der Waals surface area contributed by atoms with E-state index in [1.54, 1.807) is 0 Å². The summed E-state index contributed by atoms with van der Waals surface area (Å²) in [5.74, 6) is 0.652. The van der Waals surface area contributed by atoms with Crippen LogP contribution in [-0.2, 0) is 10.3 Å². The number of hydrogen-bond donors (Lipinski definition) is 1. The largest absolute Gasteiger partial charge is 0.368 e. The van der Waals surface area contributed by atoms with E-state index in [0.29, 0.717) is 5.92 Å². The van der Waals surface area contributed by atoms with Crippen LogP contribution < -0.4 is 5.32 Å². The molecule has 1 spiro atoms. The highest BCUT2D eigenvalue weighted by atomic mass is 16.5. The van der Waals surface area contributed by atoms with E-state index < -0.39 is 0 Å². The molecule has 82 valence electrons. The SMILES string of the molecule is O=C1N[C@H]2C[C@@H]3CCO[C@@]32c2ccccc21. The molecule has 3 heteroatoms. The van der Waals surface area contributed by atoms with Gasteiger partial charge >= 0.3 is 0 Å². The summed E-state index contributed by atoms with van der Waals surface area (Å²) in [6.45, 7) is 0.825. The molecule has 3 aliphatic rings. The Morgan fingerprint density at radius 1 is 1.38 bits per heavy atom. The number of benzene rings is 1. The summed E-state index contributed by atoms with van der Waals surface area (Å²) >= 11 is 0. The van der Waals surface area contributed by atoms with Gasteiger partial charge < -0.3 is 10.1 Å². The average Bonchev–Trinajstić information content (AvgIpc) is 2.61. The summed E-state index contributed by atoms with van der Waals surface area (Å²) in [6, 6.07) is 8.06. The molecule has 2 aliphatic heterocycles. The highest BCUT2D eigenvalue weighted by Gasteiger charge is 2.63. The maximum atomic E-state index is 11.9. The number of carbonyl (C=O) groups excluding carboxylic acids is 1. The van der Waals surface area contributed by atoms with Crippen LogP contribution in [0.25, 0.3) is 0 Å². The minimum absolute atomic E-state index is 0.0557. The molecule has 3 atom stereocenters. The summed E-state index contributed by atoms with van der Waals surface area (Å²) in [5, 5.41) is 3.07. The van der Waals surface area contributed by atoms with Gasteiger partial charge in [0.25, 0.3) is 5.91 Å². The van der Waals surface area contributed by atoms with Gasteiger partial charge in [-0.05, 0) is 30.4 Å². The summed E-state index contributed by atoms with van der Waals surface area (Å²) in [6.07, 6.45) is 2.20. The lowest BCUT2D eigenvalue weighted by molar-refractivity contribution is -0.119. The fourth-order valence-electron chi connectivity index (χ4n) is 3.59. The van der Waals surface area contributed by atoms with Crippen LogP contribution in [0.1, 0.15) is 28.8 Å². The zero-order chi connectivity index (χ0) is 10.8. The van der Waals surface area contributed by atoms with Crippen LogP contribution in [0, 0.1) is 5.92 Å². The zero-order valence-electron chi connectivity index (χ0n) is 8.90. The second-order valence-electron chi connectivity index (χ2n) is 4.93. The van der Waals surface area contributed by atoms with Gasteiger partial charge in [-0.2, -0.15) is 0 Å². The predicted octanol–water partition coefficient (Wildman–Crippen LogP) is 1.43. The maximum absolute atomic E-state index is 11.9. The summed E-state index contributed by atoms with van der Waals surface area (Å²) in [7, 11) is 0. The number of fused-ring (bicyclic) bond motifs is 1. The molecular formula is C13H13NO2. The number of ether oxygens (including phenoxy) is 1. The number of rotatable bonds is 0. The second kappa shape index (κ2) is 2.66. The van der Waals surface area contributed by atoms with Crippen LogP contribution in [0.15, 0.2) is 24.3 Å². The van der Waals surface area contributed by atoms with E-state index in [4.69, 9.17) is 4.74 Å². The Morgan fingerprint density at radius 2 is 2.25 bits per heavy atom. The maximum Gasteiger partial charge on any atom is 0.251 e. The molecule has 2 fully saturated rings. The minimum atomic E-state index is -0.190. The molecule has 1 aromatic carbocycles. The van der Waals surface area contributed by atoms with Gasteiger partial charge in [-0.25, -0.2) is 0 Å². The molecule has 16 heavy (non-hydrogen) atoms. The molecule has 1 saturated heterocycles. The van der Waals surface area contributed by atoms with Crippen LogP contribution in [-0.4, -0.2) is 18.6 Å². The van der Waals surface area contributed by atoms with Crippen molar-refractivity contribution in [2.45, 2.75) is 24.5 Å². The first-order valence-corrected chi connectivity index (χ1v) is 5.87. The van der Waals surface area contributed by atoms with Gasteiger partial charge in [0.2, 0.25) is 0 Å². The standard InChI is InChI=1S/C13H13NO2/c15-12-9-3-1-2-4-10(9)13-8(5-6-16-13)7-11(13)14-12/h1-4,8,11H,5-7H2,(H,14,15)/t8-,11-,13+/m0/s1. The Kier molecular flexibility index (Phi) is 1.46. The van der Waals surface area contributed by atoms with Crippen molar-refractivity contribution in [3.63, 3.8) is 0 Å². The number of hydrogen-bond acceptors (Lipinski definition) is 2. The molecule has 3 nitrogen and oxygen atoms in total. The lowest BCUT2D eigenvalue weighted by atomic mass is 9.59. The molecule has 0 unspecified atom stereocenters. The third kappa shape index (κ3) is 0.789. The lowest BCUT2D eigenvalue weighted by Crippen LogP contribution is -2.65.